The third-order valence-electron chi connectivity index (χ3n) is 3.16. The SMILES string of the molecule is Cc1cccc(O[C@H](C)C(=O)OCC(=O)Nc2sccc2C(N)=O)c1. The van der Waals surface area contributed by atoms with E-state index in [1.54, 1.807) is 17.5 Å². The molecule has 0 fully saturated rings. The van der Waals surface area contributed by atoms with Gasteiger partial charge in [0.1, 0.15) is 10.8 Å². The van der Waals surface area contributed by atoms with E-state index in [1.165, 1.54) is 13.0 Å². The quantitative estimate of drug-likeness (QED) is 0.734. The van der Waals surface area contributed by atoms with E-state index >= 15 is 0 Å². The van der Waals surface area contributed by atoms with Crippen LogP contribution in [0.1, 0.15) is 22.8 Å². The fourth-order valence-corrected chi connectivity index (χ4v) is 2.77. The molecule has 0 bridgehead atoms. The monoisotopic (exact) mass is 362 g/mol. The Morgan fingerprint density at radius 1 is 1.28 bits per heavy atom. The Hall–Kier alpha value is -2.87. The number of nitrogens with one attached hydrogen (secondary N) is 1. The van der Waals surface area contributed by atoms with Crippen molar-refractivity contribution in [1.82, 2.24) is 0 Å². The molecule has 1 atom stereocenters. The molecular weight excluding hydrogens is 344 g/mol. The number of ether oxygens (including phenoxy) is 2. The average molecular weight is 362 g/mol. The van der Waals surface area contributed by atoms with Crippen molar-refractivity contribution in [3.8, 4) is 5.75 Å². The van der Waals surface area contributed by atoms with Crippen molar-refractivity contribution < 1.29 is 23.9 Å². The molecule has 0 saturated heterocycles. The zero-order valence-electron chi connectivity index (χ0n) is 13.8. The first kappa shape index (κ1) is 18.5. The lowest BCUT2D eigenvalue weighted by atomic mass is 10.2. The summed E-state index contributed by atoms with van der Waals surface area (Å²) in [6, 6.07) is 8.75. The summed E-state index contributed by atoms with van der Waals surface area (Å²) < 4.78 is 10.4. The maximum Gasteiger partial charge on any atom is 0.347 e. The van der Waals surface area contributed by atoms with Gasteiger partial charge in [0.15, 0.2) is 12.7 Å². The number of hydrogen-bond donors (Lipinski definition) is 2. The molecule has 0 aliphatic carbocycles. The van der Waals surface area contributed by atoms with Crippen molar-refractivity contribution in [2.45, 2.75) is 20.0 Å². The normalized spacial score (nSPS) is 11.4. The zero-order chi connectivity index (χ0) is 18.4. The van der Waals surface area contributed by atoms with Gasteiger partial charge in [-0.25, -0.2) is 4.79 Å². The van der Waals surface area contributed by atoms with Gasteiger partial charge in [-0.15, -0.1) is 11.3 Å². The second-order valence-corrected chi connectivity index (χ2v) is 6.18. The molecule has 0 aliphatic heterocycles. The Morgan fingerprint density at radius 2 is 2.04 bits per heavy atom. The van der Waals surface area contributed by atoms with Crippen LogP contribution >= 0.6 is 11.3 Å². The highest BCUT2D eigenvalue weighted by Gasteiger charge is 2.19. The number of aryl methyl sites for hydroxylation is 1. The highest BCUT2D eigenvalue weighted by Crippen LogP contribution is 2.22. The van der Waals surface area contributed by atoms with Crippen molar-refractivity contribution in [3.63, 3.8) is 0 Å². The number of carbonyl (C=O) groups is 3. The molecule has 2 aromatic rings. The summed E-state index contributed by atoms with van der Waals surface area (Å²) in [7, 11) is 0. The van der Waals surface area contributed by atoms with E-state index in [4.69, 9.17) is 15.2 Å². The zero-order valence-corrected chi connectivity index (χ0v) is 14.6. The minimum Gasteiger partial charge on any atom is -0.479 e. The molecule has 25 heavy (non-hydrogen) atoms. The molecule has 7 nitrogen and oxygen atoms in total. The molecule has 8 heteroatoms. The molecule has 2 amide bonds. The molecule has 0 spiro atoms. The van der Waals surface area contributed by atoms with E-state index in [0.717, 1.165) is 16.9 Å². The van der Waals surface area contributed by atoms with Crippen LogP contribution in [0.4, 0.5) is 5.00 Å². The summed E-state index contributed by atoms with van der Waals surface area (Å²) in [4.78, 5) is 34.9. The number of nitrogens with two attached hydrogens (primary N) is 1. The Kier molecular flexibility index (Phi) is 6.13. The largest absolute Gasteiger partial charge is 0.479 e. The highest BCUT2D eigenvalue weighted by atomic mass is 32.1. The molecule has 2 rings (SSSR count). The lowest BCUT2D eigenvalue weighted by molar-refractivity contribution is -0.153. The Morgan fingerprint density at radius 3 is 2.72 bits per heavy atom. The van der Waals surface area contributed by atoms with Crippen LogP contribution in [0, 0.1) is 6.92 Å². The number of primary amides is 1. The highest BCUT2D eigenvalue weighted by molar-refractivity contribution is 7.14. The predicted molar refractivity (Wildman–Crippen MR) is 93.7 cm³/mol. The number of rotatable bonds is 7. The van der Waals surface area contributed by atoms with Crippen LogP contribution in [0.2, 0.25) is 0 Å². The molecular formula is C17H18N2O5S. The number of benzene rings is 1. The number of hydrogen-bond acceptors (Lipinski definition) is 6. The van der Waals surface area contributed by atoms with Gasteiger partial charge in [0.25, 0.3) is 11.8 Å². The second-order valence-electron chi connectivity index (χ2n) is 5.26. The Labute approximate surface area is 148 Å². The van der Waals surface area contributed by atoms with Gasteiger partial charge < -0.3 is 20.5 Å². The number of thiophene rings is 1. The first-order valence-corrected chi connectivity index (χ1v) is 8.32. The molecule has 0 aliphatic rings. The van der Waals surface area contributed by atoms with Crippen molar-refractivity contribution >= 4 is 34.1 Å². The van der Waals surface area contributed by atoms with Crippen molar-refractivity contribution in [1.29, 1.82) is 0 Å². The topological polar surface area (TPSA) is 108 Å². The van der Waals surface area contributed by atoms with Gasteiger partial charge in [-0.3, -0.25) is 9.59 Å². The molecule has 132 valence electrons. The molecule has 1 aromatic carbocycles. The van der Waals surface area contributed by atoms with Crippen LogP contribution in [-0.4, -0.2) is 30.5 Å². The van der Waals surface area contributed by atoms with Gasteiger partial charge in [0.05, 0.1) is 5.56 Å². The minimum atomic E-state index is -0.863. The van der Waals surface area contributed by atoms with E-state index in [-0.39, 0.29) is 5.56 Å². The Balaban J connectivity index is 1.83. The van der Waals surface area contributed by atoms with Crippen molar-refractivity contribution in [2.24, 2.45) is 5.73 Å². The summed E-state index contributed by atoms with van der Waals surface area (Å²) >= 11 is 1.15. The number of carbonyl (C=O) groups excluding carboxylic acids is 3. The third-order valence-corrected chi connectivity index (χ3v) is 3.99. The fraction of sp³-hybridized carbons (Fsp3) is 0.235. The fourth-order valence-electron chi connectivity index (χ4n) is 1.96. The summed E-state index contributed by atoms with van der Waals surface area (Å²) in [5, 5.41) is 4.43. The molecule has 0 saturated carbocycles. The van der Waals surface area contributed by atoms with E-state index in [0.29, 0.717) is 10.8 Å². The smallest absolute Gasteiger partial charge is 0.347 e. The van der Waals surface area contributed by atoms with Crippen LogP contribution < -0.4 is 15.8 Å². The van der Waals surface area contributed by atoms with Crippen molar-refractivity contribution in [2.75, 3.05) is 11.9 Å². The maximum absolute atomic E-state index is 11.9. The van der Waals surface area contributed by atoms with Gasteiger partial charge in [-0.1, -0.05) is 12.1 Å². The molecule has 0 radical (unpaired) electrons. The van der Waals surface area contributed by atoms with E-state index in [1.807, 2.05) is 19.1 Å². The standard InChI is InChI=1S/C17H18N2O5S/c1-10-4-3-5-12(8-10)24-11(2)17(22)23-9-14(20)19-16-13(15(18)21)6-7-25-16/h3-8,11H,9H2,1-2H3,(H2,18,21)(H,19,20)/t11-/m1/s1. The summed E-state index contributed by atoms with van der Waals surface area (Å²) in [6.07, 6.45) is -0.863. The summed E-state index contributed by atoms with van der Waals surface area (Å²) in [6.45, 7) is 2.95. The maximum atomic E-state index is 11.9. The number of anilines is 1. The first-order valence-electron chi connectivity index (χ1n) is 7.44. The average Bonchev–Trinajstić information content (AvgIpc) is 3.00. The van der Waals surface area contributed by atoms with Crippen LogP contribution in [0.25, 0.3) is 0 Å². The van der Waals surface area contributed by atoms with Gasteiger partial charge >= 0.3 is 5.97 Å². The van der Waals surface area contributed by atoms with Gasteiger partial charge in [0.2, 0.25) is 0 Å². The molecule has 1 aromatic heterocycles. The Bertz CT molecular complexity index is 787. The summed E-state index contributed by atoms with van der Waals surface area (Å²) in [5.41, 5.74) is 6.40. The van der Waals surface area contributed by atoms with Crippen LogP contribution in [0.5, 0.6) is 5.75 Å². The van der Waals surface area contributed by atoms with Gasteiger partial charge in [-0.05, 0) is 43.0 Å². The van der Waals surface area contributed by atoms with E-state index < -0.39 is 30.5 Å². The van der Waals surface area contributed by atoms with E-state index in [2.05, 4.69) is 5.32 Å². The summed E-state index contributed by atoms with van der Waals surface area (Å²) in [5.74, 6) is -1.34. The molecule has 0 unspecified atom stereocenters. The lowest BCUT2D eigenvalue weighted by Gasteiger charge is -2.14. The van der Waals surface area contributed by atoms with Crippen LogP contribution in [0.3, 0.4) is 0 Å². The van der Waals surface area contributed by atoms with Crippen molar-refractivity contribution in [3.05, 3.63) is 46.8 Å². The molecule has 3 N–H and O–H groups in total. The van der Waals surface area contributed by atoms with Crippen LogP contribution in [-0.2, 0) is 14.3 Å². The van der Waals surface area contributed by atoms with Gasteiger partial charge in [-0.2, -0.15) is 0 Å². The molecule has 1 heterocycles. The lowest BCUT2D eigenvalue weighted by Crippen LogP contribution is -2.30. The van der Waals surface area contributed by atoms with E-state index in [9.17, 15) is 14.4 Å². The number of esters is 1. The third kappa shape index (κ3) is 5.32. The first-order chi connectivity index (χ1) is 11.9. The second kappa shape index (κ2) is 8.29. The number of amides is 2. The van der Waals surface area contributed by atoms with Gasteiger partial charge in [0, 0.05) is 0 Å². The van der Waals surface area contributed by atoms with Crippen LogP contribution in [0.15, 0.2) is 35.7 Å². The minimum absolute atomic E-state index is 0.209. The predicted octanol–water partition coefficient (Wildman–Crippen LogP) is 2.10.